The average Bonchev–Trinajstić information content (AvgIpc) is 3.30. The van der Waals surface area contributed by atoms with Gasteiger partial charge in [-0.25, -0.2) is 10.4 Å². The quantitative estimate of drug-likeness (QED) is 0.521. The zero-order valence-corrected chi connectivity index (χ0v) is 15.4. The Balaban J connectivity index is 1.60. The van der Waals surface area contributed by atoms with E-state index >= 15 is 0 Å². The number of hydrogen-bond acceptors (Lipinski definition) is 7. The van der Waals surface area contributed by atoms with Crippen molar-refractivity contribution in [3.63, 3.8) is 0 Å². The van der Waals surface area contributed by atoms with Crippen LogP contribution in [-0.4, -0.2) is 22.6 Å². The van der Waals surface area contributed by atoms with E-state index in [4.69, 9.17) is 0 Å². The van der Waals surface area contributed by atoms with Gasteiger partial charge in [-0.3, -0.25) is 4.79 Å². The summed E-state index contributed by atoms with van der Waals surface area (Å²) in [4.78, 5) is 28.1. The minimum absolute atomic E-state index is 0.122. The number of aromatic carboxylic acids is 1. The van der Waals surface area contributed by atoms with Crippen molar-refractivity contribution in [2.45, 2.75) is 13.3 Å². The number of amides is 1. The summed E-state index contributed by atoms with van der Waals surface area (Å²) in [6, 6.07) is 12.8. The van der Waals surface area contributed by atoms with Crippen LogP contribution in [0.25, 0.3) is 11.3 Å². The lowest BCUT2D eigenvalue weighted by atomic mass is 10.2. The van der Waals surface area contributed by atoms with Crippen LogP contribution in [0.3, 0.4) is 0 Å². The molecule has 1 amide bonds. The summed E-state index contributed by atoms with van der Waals surface area (Å²) in [5.41, 5.74) is 4.85. The van der Waals surface area contributed by atoms with Gasteiger partial charge in [0, 0.05) is 10.9 Å². The second-order valence-electron chi connectivity index (χ2n) is 5.35. The second-order valence-corrected chi connectivity index (χ2v) is 7.38. The number of carboxylic acids is 1. The lowest BCUT2D eigenvalue weighted by Gasteiger charge is -2.00. The smallest absolute Gasteiger partial charge is 0.246 e. The molecule has 0 saturated carbocycles. The number of benzene rings is 1. The highest BCUT2D eigenvalue weighted by Gasteiger charge is 2.09. The number of carbonyl (C=O) groups excluding carboxylic acids is 2. The summed E-state index contributed by atoms with van der Waals surface area (Å²) in [6.45, 7) is 1.70. The highest BCUT2D eigenvalue weighted by atomic mass is 32.1. The predicted molar refractivity (Wildman–Crippen MR) is 100 cm³/mol. The van der Waals surface area contributed by atoms with Crippen LogP contribution in [0.4, 0.5) is 0 Å². The summed E-state index contributed by atoms with van der Waals surface area (Å²) >= 11 is 2.47. The Morgan fingerprint density at radius 2 is 1.88 bits per heavy atom. The molecule has 132 valence electrons. The van der Waals surface area contributed by atoms with E-state index in [1.54, 1.807) is 13.0 Å². The standard InChI is InChI=1S/C18H15N3O3S2/c1-11(14-7-8-15(26-14)18(23)24)20-21-16(22)9-17-19-13(10-25-17)12-5-3-2-4-6-12/h2-8,10H,9H2,1H3,(H,21,22)(H,23,24)/p-1/b20-11-. The molecule has 0 saturated heterocycles. The largest absolute Gasteiger partial charge is 0.544 e. The van der Waals surface area contributed by atoms with Crippen molar-refractivity contribution in [2.24, 2.45) is 5.10 Å². The van der Waals surface area contributed by atoms with Gasteiger partial charge in [0.1, 0.15) is 5.01 Å². The Morgan fingerprint density at radius 3 is 2.58 bits per heavy atom. The molecule has 0 aliphatic carbocycles. The molecule has 8 heteroatoms. The molecule has 0 bridgehead atoms. The molecule has 0 aliphatic rings. The molecular weight excluding hydrogens is 370 g/mol. The Kier molecular flexibility index (Phi) is 5.55. The number of aromatic nitrogens is 1. The van der Waals surface area contributed by atoms with Crippen LogP contribution in [0.5, 0.6) is 0 Å². The first-order valence-corrected chi connectivity index (χ1v) is 9.37. The number of nitrogens with zero attached hydrogens (tertiary/aromatic N) is 2. The molecular formula is C18H14N3O3S2-. The first-order valence-electron chi connectivity index (χ1n) is 7.67. The van der Waals surface area contributed by atoms with Crippen molar-refractivity contribution in [2.75, 3.05) is 0 Å². The fraction of sp³-hybridized carbons (Fsp3) is 0.111. The second kappa shape index (κ2) is 8.03. The fourth-order valence-electron chi connectivity index (χ4n) is 2.15. The van der Waals surface area contributed by atoms with Gasteiger partial charge in [-0.05, 0) is 19.1 Å². The van der Waals surface area contributed by atoms with Crippen LogP contribution in [0.1, 0.15) is 26.5 Å². The summed E-state index contributed by atoms with van der Waals surface area (Å²) in [7, 11) is 0. The van der Waals surface area contributed by atoms with Gasteiger partial charge >= 0.3 is 0 Å². The van der Waals surface area contributed by atoms with E-state index in [0.29, 0.717) is 15.6 Å². The number of thiazole rings is 1. The number of thiophene rings is 1. The van der Waals surface area contributed by atoms with E-state index in [9.17, 15) is 14.7 Å². The number of rotatable bonds is 6. The van der Waals surface area contributed by atoms with Gasteiger partial charge in [0.25, 0.3) is 0 Å². The van der Waals surface area contributed by atoms with Crippen molar-refractivity contribution in [1.82, 2.24) is 10.4 Å². The Morgan fingerprint density at radius 1 is 1.15 bits per heavy atom. The topological polar surface area (TPSA) is 94.5 Å². The molecule has 0 aliphatic heterocycles. The van der Waals surface area contributed by atoms with E-state index in [-0.39, 0.29) is 17.2 Å². The Hall–Kier alpha value is -2.84. The van der Waals surface area contributed by atoms with Crippen LogP contribution in [0.2, 0.25) is 0 Å². The third kappa shape index (κ3) is 4.41. The summed E-state index contributed by atoms with van der Waals surface area (Å²) in [5, 5.41) is 17.4. The van der Waals surface area contributed by atoms with Crippen molar-refractivity contribution >= 4 is 40.3 Å². The molecule has 6 nitrogen and oxygen atoms in total. The summed E-state index contributed by atoms with van der Waals surface area (Å²) in [5.74, 6) is -1.51. The third-order valence-corrected chi connectivity index (χ3v) is 5.47. The van der Waals surface area contributed by atoms with E-state index in [2.05, 4.69) is 15.5 Å². The molecule has 0 atom stereocenters. The van der Waals surface area contributed by atoms with E-state index in [1.807, 2.05) is 35.7 Å². The molecule has 1 N–H and O–H groups in total. The molecule has 3 aromatic rings. The Bertz CT molecular complexity index is 961. The number of carbonyl (C=O) groups is 2. The maximum absolute atomic E-state index is 12.1. The number of hydrogen-bond donors (Lipinski definition) is 1. The van der Waals surface area contributed by atoms with Crippen LogP contribution >= 0.6 is 22.7 Å². The van der Waals surface area contributed by atoms with Crippen LogP contribution in [-0.2, 0) is 11.2 Å². The average molecular weight is 384 g/mol. The van der Waals surface area contributed by atoms with Crippen LogP contribution in [0, 0.1) is 0 Å². The monoisotopic (exact) mass is 384 g/mol. The maximum atomic E-state index is 12.1. The summed E-state index contributed by atoms with van der Waals surface area (Å²) < 4.78 is 0. The van der Waals surface area contributed by atoms with Gasteiger partial charge in [0.15, 0.2) is 0 Å². The van der Waals surface area contributed by atoms with Crippen molar-refractivity contribution in [3.8, 4) is 11.3 Å². The van der Waals surface area contributed by atoms with Crippen molar-refractivity contribution in [3.05, 3.63) is 62.6 Å². The van der Waals surface area contributed by atoms with Crippen molar-refractivity contribution < 1.29 is 14.7 Å². The van der Waals surface area contributed by atoms with Gasteiger partial charge in [0.05, 0.1) is 33.6 Å². The van der Waals surface area contributed by atoms with Crippen LogP contribution < -0.4 is 10.5 Å². The van der Waals surface area contributed by atoms with Gasteiger partial charge in [-0.2, -0.15) is 5.10 Å². The van der Waals surface area contributed by atoms with Gasteiger partial charge in [-0.15, -0.1) is 22.7 Å². The lowest BCUT2D eigenvalue weighted by molar-refractivity contribution is -0.254. The molecule has 26 heavy (non-hydrogen) atoms. The highest BCUT2D eigenvalue weighted by molar-refractivity contribution is 7.15. The fourth-order valence-corrected chi connectivity index (χ4v) is 3.74. The lowest BCUT2D eigenvalue weighted by Crippen LogP contribution is -2.21. The van der Waals surface area contributed by atoms with E-state index in [0.717, 1.165) is 22.6 Å². The van der Waals surface area contributed by atoms with Crippen LogP contribution in [0.15, 0.2) is 52.9 Å². The van der Waals surface area contributed by atoms with E-state index in [1.165, 1.54) is 17.4 Å². The molecule has 1 aromatic carbocycles. The molecule has 0 spiro atoms. The minimum Gasteiger partial charge on any atom is -0.544 e. The molecule has 0 fully saturated rings. The first kappa shape index (κ1) is 18.0. The third-order valence-electron chi connectivity index (χ3n) is 3.45. The van der Waals surface area contributed by atoms with Gasteiger partial charge < -0.3 is 9.90 Å². The Labute approximate surface area is 157 Å². The predicted octanol–water partition coefficient (Wildman–Crippen LogP) is 2.32. The zero-order chi connectivity index (χ0) is 18.5. The SMILES string of the molecule is C/C(=N/NC(=O)Cc1nc(-c2ccccc2)cs1)c1ccc(C(=O)[O-])s1. The maximum Gasteiger partial charge on any atom is 0.246 e. The molecule has 2 heterocycles. The molecule has 0 unspecified atom stereocenters. The van der Waals surface area contributed by atoms with Crippen molar-refractivity contribution in [1.29, 1.82) is 0 Å². The zero-order valence-electron chi connectivity index (χ0n) is 13.8. The molecule has 2 aromatic heterocycles. The summed E-state index contributed by atoms with van der Waals surface area (Å²) in [6.07, 6.45) is 0.128. The molecule has 3 rings (SSSR count). The normalized spacial score (nSPS) is 11.3. The number of hydrazone groups is 1. The molecule has 0 radical (unpaired) electrons. The number of carboxylic acid groups (broad SMARTS) is 1. The van der Waals surface area contributed by atoms with Gasteiger partial charge in [0.2, 0.25) is 5.91 Å². The highest BCUT2D eigenvalue weighted by Crippen LogP contribution is 2.21. The minimum atomic E-state index is -1.23. The van der Waals surface area contributed by atoms with E-state index < -0.39 is 5.97 Å². The number of nitrogens with one attached hydrogen (secondary N) is 1. The first-order chi connectivity index (χ1) is 12.5. The van der Waals surface area contributed by atoms with Gasteiger partial charge in [-0.1, -0.05) is 30.3 Å².